The second kappa shape index (κ2) is 10.0. The highest BCUT2D eigenvalue weighted by atomic mass is 32.1. The number of para-hydroxylation sites is 1. The van der Waals surface area contributed by atoms with E-state index in [0.717, 1.165) is 11.1 Å². The van der Waals surface area contributed by atoms with Crippen molar-refractivity contribution in [1.82, 2.24) is 10.3 Å². The number of rotatable bonds is 9. The number of thiazole rings is 1. The van der Waals surface area contributed by atoms with Crippen LogP contribution in [0.4, 0.5) is 0 Å². The molecule has 0 bridgehead atoms. The molecular weight excluding hydrogens is 420 g/mol. The van der Waals surface area contributed by atoms with Gasteiger partial charge in [0.2, 0.25) is 0 Å². The van der Waals surface area contributed by atoms with Crippen LogP contribution in [0.15, 0.2) is 35.7 Å². The van der Waals surface area contributed by atoms with E-state index in [4.69, 9.17) is 23.7 Å². The van der Waals surface area contributed by atoms with Gasteiger partial charge in [-0.25, -0.2) is 4.98 Å². The monoisotopic (exact) mass is 444 g/mol. The van der Waals surface area contributed by atoms with Crippen LogP contribution in [0.3, 0.4) is 0 Å². The lowest BCUT2D eigenvalue weighted by atomic mass is 10.1. The lowest BCUT2D eigenvalue weighted by Gasteiger charge is -2.14. The highest BCUT2D eigenvalue weighted by Gasteiger charge is 2.18. The number of carbonyl (C=O) groups excluding carboxylic acids is 1. The number of nitrogens with zero attached hydrogens (tertiary/aromatic N) is 1. The predicted molar refractivity (Wildman–Crippen MR) is 118 cm³/mol. The molecule has 3 aromatic rings. The Balaban J connectivity index is 1.79. The number of hydrogen-bond acceptors (Lipinski definition) is 8. The molecule has 0 unspecified atom stereocenters. The summed E-state index contributed by atoms with van der Waals surface area (Å²) >= 11 is 1.35. The first-order valence-corrected chi connectivity index (χ1v) is 10.2. The Bertz CT molecular complexity index is 1070. The van der Waals surface area contributed by atoms with Gasteiger partial charge in [0.15, 0.2) is 23.0 Å². The van der Waals surface area contributed by atoms with Gasteiger partial charge in [-0.1, -0.05) is 6.07 Å². The quantitative estimate of drug-likeness (QED) is 0.537. The van der Waals surface area contributed by atoms with Crippen molar-refractivity contribution in [3.8, 4) is 39.3 Å². The molecule has 0 aliphatic heterocycles. The Kier molecular flexibility index (Phi) is 7.19. The smallest absolute Gasteiger partial charge is 0.271 e. The summed E-state index contributed by atoms with van der Waals surface area (Å²) in [4.78, 5) is 17.2. The highest BCUT2D eigenvalue weighted by Crippen LogP contribution is 2.39. The number of aromatic nitrogens is 1. The zero-order chi connectivity index (χ0) is 22.4. The number of hydrogen-bond donors (Lipinski definition) is 1. The van der Waals surface area contributed by atoms with Gasteiger partial charge in [0.1, 0.15) is 16.5 Å². The SMILES string of the molecule is COc1cc(OC)c(OC)cc1CNC(=O)c1csc(-c2cccc(OC)c2OC)n1. The lowest BCUT2D eigenvalue weighted by molar-refractivity contribution is 0.0946. The number of nitrogens with one attached hydrogen (secondary N) is 1. The second-order valence-corrected chi connectivity index (χ2v) is 7.14. The Morgan fingerprint density at radius 2 is 1.58 bits per heavy atom. The first-order valence-electron chi connectivity index (χ1n) is 9.30. The topological polar surface area (TPSA) is 88.1 Å². The van der Waals surface area contributed by atoms with E-state index in [1.807, 2.05) is 12.1 Å². The standard InChI is InChI=1S/C22H24N2O6S/c1-26-16-8-6-7-14(20(16)30-5)22-24-15(12-31-22)21(25)23-11-13-9-18(28-3)19(29-4)10-17(13)27-2/h6-10,12H,11H2,1-5H3,(H,23,25). The molecule has 1 N–H and O–H groups in total. The fourth-order valence-corrected chi connectivity index (χ4v) is 3.88. The molecule has 0 spiro atoms. The molecule has 3 rings (SSSR count). The maximum absolute atomic E-state index is 12.7. The molecule has 1 heterocycles. The third kappa shape index (κ3) is 4.66. The molecule has 1 aromatic heterocycles. The molecule has 0 fully saturated rings. The zero-order valence-electron chi connectivity index (χ0n) is 18.0. The molecule has 8 nitrogen and oxygen atoms in total. The molecule has 0 aliphatic rings. The van der Waals surface area contributed by atoms with Crippen LogP contribution in [0.1, 0.15) is 16.1 Å². The van der Waals surface area contributed by atoms with Gasteiger partial charge in [0.05, 0.1) is 41.1 Å². The summed E-state index contributed by atoms with van der Waals surface area (Å²) in [7, 11) is 7.80. The largest absolute Gasteiger partial charge is 0.496 e. The Hall–Kier alpha value is -3.46. The minimum atomic E-state index is -0.304. The normalized spacial score (nSPS) is 10.4. The van der Waals surface area contributed by atoms with Crippen molar-refractivity contribution >= 4 is 17.2 Å². The van der Waals surface area contributed by atoms with Crippen LogP contribution in [0, 0.1) is 0 Å². The van der Waals surface area contributed by atoms with Crippen molar-refractivity contribution in [3.05, 3.63) is 47.0 Å². The van der Waals surface area contributed by atoms with Crippen molar-refractivity contribution in [3.63, 3.8) is 0 Å². The van der Waals surface area contributed by atoms with Crippen molar-refractivity contribution in [1.29, 1.82) is 0 Å². The number of methoxy groups -OCH3 is 5. The summed E-state index contributed by atoms with van der Waals surface area (Å²) in [6.07, 6.45) is 0. The number of carbonyl (C=O) groups is 1. The van der Waals surface area contributed by atoms with E-state index in [0.29, 0.717) is 39.4 Å². The first-order chi connectivity index (χ1) is 15.1. The van der Waals surface area contributed by atoms with Crippen LogP contribution < -0.4 is 29.0 Å². The number of ether oxygens (including phenoxy) is 5. The Labute approximate surface area is 184 Å². The van der Waals surface area contributed by atoms with E-state index in [-0.39, 0.29) is 12.5 Å². The fraction of sp³-hybridized carbons (Fsp3) is 0.273. The third-order valence-electron chi connectivity index (χ3n) is 4.60. The van der Waals surface area contributed by atoms with Gasteiger partial charge in [-0.05, 0) is 18.2 Å². The summed E-state index contributed by atoms with van der Waals surface area (Å²) in [5, 5.41) is 5.23. The van der Waals surface area contributed by atoms with Crippen molar-refractivity contribution in [2.45, 2.75) is 6.54 Å². The van der Waals surface area contributed by atoms with Crippen LogP contribution in [-0.4, -0.2) is 46.4 Å². The lowest BCUT2D eigenvalue weighted by Crippen LogP contribution is -2.23. The maximum Gasteiger partial charge on any atom is 0.271 e. The van der Waals surface area contributed by atoms with Gasteiger partial charge in [-0.3, -0.25) is 4.79 Å². The third-order valence-corrected chi connectivity index (χ3v) is 5.47. The second-order valence-electron chi connectivity index (χ2n) is 6.28. The molecule has 0 aliphatic carbocycles. The maximum atomic E-state index is 12.7. The van der Waals surface area contributed by atoms with Crippen molar-refractivity contribution < 1.29 is 28.5 Å². The van der Waals surface area contributed by atoms with Crippen molar-refractivity contribution in [2.24, 2.45) is 0 Å². The average Bonchev–Trinajstić information content (AvgIpc) is 3.31. The molecule has 0 saturated heterocycles. The van der Waals surface area contributed by atoms with Crippen LogP contribution in [0.2, 0.25) is 0 Å². The minimum Gasteiger partial charge on any atom is -0.496 e. The first kappa shape index (κ1) is 22.2. The van der Waals surface area contributed by atoms with Gasteiger partial charge in [-0.2, -0.15) is 0 Å². The summed E-state index contributed by atoms with van der Waals surface area (Å²) < 4.78 is 26.8. The molecular formula is C22H24N2O6S. The molecule has 0 radical (unpaired) electrons. The van der Waals surface area contributed by atoms with Crippen LogP contribution >= 0.6 is 11.3 Å². The summed E-state index contributed by atoms with van der Waals surface area (Å²) in [6, 6.07) is 9.01. The molecule has 1 amide bonds. The number of amides is 1. The molecule has 9 heteroatoms. The van der Waals surface area contributed by atoms with Gasteiger partial charge in [-0.15, -0.1) is 11.3 Å². The minimum absolute atomic E-state index is 0.234. The van der Waals surface area contributed by atoms with Crippen LogP contribution in [0.25, 0.3) is 10.6 Å². The van der Waals surface area contributed by atoms with Gasteiger partial charge < -0.3 is 29.0 Å². The molecule has 2 aromatic carbocycles. The van der Waals surface area contributed by atoms with Crippen LogP contribution in [-0.2, 0) is 6.54 Å². The van der Waals surface area contributed by atoms with Crippen LogP contribution in [0.5, 0.6) is 28.7 Å². The van der Waals surface area contributed by atoms with E-state index in [2.05, 4.69) is 10.3 Å². The van der Waals surface area contributed by atoms with E-state index in [1.165, 1.54) is 11.3 Å². The molecule has 0 saturated carbocycles. The van der Waals surface area contributed by atoms with E-state index < -0.39 is 0 Å². The van der Waals surface area contributed by atoms with Crippen molar-refractivity contribution in [2.75, 3.05) is 35.5 Å². The van der Waals surface area contributed by atoms with Gasteiger partial charge in [0, 0.05) is 23.6 Å². The summed E-state index contributed by atoms with van der Waals surface area (Å²) in [5.74, 6) is 2.54. The summed E-state index contributed by atoms with van der Waals surface area (Å²) in [6.45, 7) is 0.234. The average molecular weight is 445 g/mol. The molecule has 164 valence electrons. The fourth-order valence-electron chi connectivity index (χ4n) is 3.05. The van der Waals surface area contributed by atoms with E-state index in [1.54, 1.807) is 59.1 Å². The van der Waals surface area contributed by atoms with Gasteiger partial charge in [0.25, 0.3) is 5.91 Å². The molecule has 31 heavy (non-hydrogen) atoms. The predicted octanol–water partition coefficient (Wildman–Crippen LogP) is 3.78. The summed E-state index contributed by atoms with van der Waals surface area (Å²) in [5.41, 5.74) is 1.81. The van der Waals surface area contributed by atoms with E-state index >= 15 is 0 Å². The Morgan fingerprint density at radius 1 is 0.903 bits per heavy atom. The highest BCUT2D eigenvalue weighted by molar-refractivity contribution is 7.13. The number of benzene rings is 2. The Morgan fingerprint density at radius 3 is 2.23 bits per heavy atom. The molecule has 0 atom stereocenters. The van der Waals surface area contributed by atoms with Gasteiger partial charge >= 0.3 is 0 Å². The zero-order valence-corrected chi connectivity index (χ0v) is 18.8. The van der Waals surface area contributed by atoms with E-state index in [9.17, 15) is 4.79 Å².